The number of nitrogens with zero attached hydrogens (tertiary/aromatic N) is 5. The minimum atomic E-state index is -0.853. The Morgan fingerprint density at radius 1 is 1.01 bits per heavy atom. The maximum atomic E-state index is 14.6. The number of nitriles is 1. The fourth-order valence-corrected chi connectivity index (χ4v) is 7.87. The molecule has 14 nitrogen and oxygen atoms in total. The van der Waals surface area contributed by atoms with Gasteiger partial charge in [-0.1, -0.05) is 93.1 Å². The lowest BCUT2D eigenvalue weighted by Gasteiger charge is -2.35. The minimum absolute atomic E-state index is 0.0212. The molecule has 4 amide bonds. The van der Waals surface area contributed by atoms with E-state index < -0.39 is 35.1 Å². The number of anilines is 2. The second-order valence-electron chi connectivity index (χ2n) is 17.1. The van der Waals surface area contributed by atoms with Crippen LogP contribution in [-0.2, 0) is 30.5 Å². The summed E-state index contributed by atoms with van der Waals surface area (Å²) in [5.74, 6) is -0.771. The van der Waals surface area contributed by atoms with E-state index in [9.17, 15) is 23.6 Å². The summed E-state index contributed by atoms with van der Waals surface area (Å²) >= 11 is 11.3. The number of thiocarbonyl (C=S) groups is 1. The molecule has 0 spiro atoms. The van der Waals surface area contributed by atoms with Gasteiger partial charge < -0.3 is 39.2 Å². The number of carbonyl (C=O) groups excluding carboxylic acids is 4. The van der Waals surface area contributed by atoms with Gasteiger partial charge in [0.25, 0.3) is 0 Å². The summed E-state index contributed by atoms with van der Waals surface area (Å²) in [5.41, 5.74) is 4.99. The lowest BCUT2D eigenvalue weighted by atomic mass is 9.85. The van der Waals surface area contributed by atoms with Gasteiger partial charge in [0.2, 0.25) is 23.6 Å². The molecule has 350 valence electrons. The van der Waals surface area contributed by atoms with Crippen LogP contribution in [0.4, 0.5) is 15.8 Å². The van der Waals surface area contributed by atoms with E-state index in [4.69, 9.17) is 43.0 Å². The van der Waals surface area contributed by atoms with Crippen LogP contribution in [0.3, 0.4) is 0 Å². The van der Waals surface area contributed by atoms with E-state index >= 15 is 0 Å². The maximum Gasteiger partial charge on any atom is 0.246 e. The zero-order valence-corrected chi connectivity index (χ0v) is 39.4. The molecule has 1 unspecified atom stereocenters. The largest absolute Gasteiger partial charge is 0.494 e. The van der Waals surface area contributed by atoms with Crippen molar-refractivity contribution in [2.75, 3.05) is 49.8 Å². The molecular formula is C50H53ClFN7O7S. The van der Waals surface area contributed by atoms with Crippen LogP contribution in [0.15, 0.2) is 102 Å². The summed E-state index contributed by atoms with van der Waals surface area (Å²) in [5, 5.41) is 15.0. The second-order valence-corrected chi connectivity index (χ2v) is 17.7. The van der Waals surface area contributed by atoms with Gasteiger partial charge in [-0.15, -0.1) is 0 Å². The number of nitrogens with one attached hydrogen (secondary N) is 2. The fraction of sp³-hybridized carbons (Fsp3) is 0.340. The van der Waals surface area contributed by atoms with Crippen molar-refractivity contribution in [3.8, 4) is 34.3 Å². The number of hydrogen-bond donors (Lipinski definition) is 2. The van der Waals surface area contributed by atoms with Crippen molar-refractivity contribution < 1.29 is 37.5 Å². The zero-order chi connectivity index (χ0) is 48.1. The number of ether oxygens (including phenoxy) is 2. The molecule has 17 heteroatoms. The number of halogens is 2. The van der Waals surface area contributed by atoms with Crippen molar-refractivity contribution in [2.45, 2.75) is 65.1 Å². The summed E-state index contributed by atoms with van der Waals surface area (Å²) in [6.07, 6.45) is 5.56. The van der Waals surface area contributed by atoms with E-state index in [1.165, 1.54) is 25.0 Å². The number of likely N-dealkylation sites (N-methyl/N-ethyl adjacent to an activating group) is 1. The first-order chi connectivity index (χ1) is 32.2. The van der Waals surface area contributed by atoms with Gasteiger partial charge in [0, 0.05) is 38.0 Å². The van der Waals surface area contributed by atoms with Crippen LogP contribution in [0.2, 0.25) is 5.02 Å². The third-order valence-electron chi connectivity index (χ3n) is 11.3. The Hall–Kier alpha value is -6.67. The smallest absolute Gasteiger partial charge is 0.246 e. The van der Waals surface area contributed by atoms with Crippen molar-refractivity contribution in [1.29, 1.82) is 5.26 Å². The Kier molecular flexibility index (Phi) is 17.2. The highest BCUT2D eigenvalue weighted by Gasteiger charge is 2.41. The van der Waals surface area contributed by atoms with Crippen LogP contribution in [0.25, 0.3) is 22.5 Å². The number of amides is 4. The van der Waals surface area contributed by atoms with E-state index in [-0.39, 0.29) is 41.2 Å². The van der Waals surface area contributed by atoms with Crippen LogP contribution in [0.1, 0.15) is 57.6 Å². The lowest BCUT2D eigenvalue weighted by molar-refractivity contribution is -0.144. The van der Waals surface area contributed by atoms with Gasteiger partial charge in [0.05, 0.1) is 34.6 Å². The SMILES string of the molecule is CN(C(=O)CN(C=S)c1ccc(-c2ccc(OCCCCOCC(=O)NC(C(=O)N3CCC[C@H]3C(=O)NCc3ccc(-c4cnco4)cc3)C(C)(C)C)cc2)cc1)c1cc(Cl)c(C#N)cc1F. The van der Waals surface area contributed by atoms with Crippen molar-refractivity contribution in [3.63, 3.8) is 0 Å². The predicted molar refractivity (Wildman–Crippen MR) is 258 cm³/mol. The third kappa shape index (κ3) is 13.2. The molecule has 2 N–H and O–H groups in total. The van der Waals surface area contributed by atoms with Gasteiger partial charge in [0.15, 0.2) is 12.2 Å². The van der Waals surface area contributed by atoms with Crippen molar-refractivity contribution >= 4 is 64.3 Å². The van der Waals surface area contributed by atoms with Gasteiger partial charge in [0.1, 0.15) is 42.9 Å². The van der Waals surface area contributed by atoms with E-state index in [1.807, 2.05) is 99.6 Å². The number of unbranched alkanes of at least 4 members (excludes halogenated alkanes) is 1. The van der Waals surface area contributed by atoms with Gasteiger partial charge in [-0.3, -0.25) is 19.2 Å². The average molecular weight is 951 g/mol. The molecule has 1 aromatic heterocycles. The summed E-state index contributed by atoms with van der Waals surface area (Å²) < 4.78 is 31.6. The van der Waals surface area contributed by atoms with E-state index in [0.29, 0.717) is 69.2 Å². The number of benzene rings is 4. The molecule has 1 fully saturated rings. The number of carbonyl (C=O) groups is 4. The number of likely N-dealkylation sites (tertiary alicyclic amines) is 1. The van der Waals surface area contributed by atoms with E-state index in [1.54, 1.807) is 16.0 Å². The number of rotatable bonds is 20. The standard InChI is InChI=1S/C50H53ClFN7O7S/c1-50(2,3)47(49(63)59-21-7-8-42(59)48(62)55-27-33-9-11-36(12-10-33)44-28-54-31-66-44)56-45(60)30-64-22-5-6-23-65-39-19-15-35(16-20-39)34-13-17-38(18-14-34)58(32-67)29-46(61)57(4)43-25-40(51)37(26-53)24-41(43)52/h9-20,24-25,28,31-32,42,47H,5-8,21-23,27,29-30H2,1-4H3,(H,55,62)(H,56,60)/t42-,47?/m0/s1. The fourth-order valence-electron chi connectivity index (χ4n) is 7.48. The van der Waals surface area contributed by atoms with E-state index in [2.05, 4.69) is 15.6 Å². The Balaban J connectivity index is 0.891. The molecule has 67 heavy (non-hydrogen) atoms. The number of aromatic nitrogens is 1. The molecule has 0 bridgehead atoms. The Morgan fingerprint density at radius 3 is 2.33 bits per heavy atom. The molecular weight excluding hydrogens is 897 g/mol. The van der Waals surface area contributed by atoms with Crippen molar-refractivity contribution in [2.24, 2.45) is 5.41 Å². The summed E-state index contributed by atoms with van der Waals surface area (Å²) in [4.78, 5) is 61.6. The van der Waals surface area contributed by atoms with Crippen LogP contribution in [-0.4, -0.2) is 91.0 Å². The molecule has 1 aliphatic heterocycles. The quantitative estimate of drug-likeness (QED) is 0.0571. The molecule has 0 aliphatic carbocycles. The van der Waals surface area contributed by atoms with Crippen LogP contribution in [0, 0.1) is 22.6 Å². The molecule has 1 aliphatic rings. The molecule has 6 rings (SSSR count). The Bertz CT molecular complexity index is 2550. The molecule has 2 heterocycles. The first kappa shape index (κ1) is 49.8. The summed E-state index contributed by atoms with van der Waals surface area (Å²) in [6, 6.07) is 25.3. The summed E-state index contributed by atoms with van der Waals surface area (Å²) in [7, 11) is 1.43. The molecule has 2 atom stereocenters. The third-order valence-corrected chi connectivity index (χ3v) is 11.9. The predicted octanol–water partition coefficient (Wildman–Crippen LogP) is 8.11. The Labute approximate surface area is 400 Å². The first-order valence-corrected chi connectivity index (χ1v) is 22.7. The highest BCUT2D eigenvalue weighted by molar-refractivity contribution is 7.79. The van der Waals surface area contributed by atoms with Gasteiger partial charge in [-0.2, -0.15) is 5.26 Å². The summed E-state index contributed by atoms with van der Waals surface area (Å²) in [6.45, 7) is 6.77. The molecule has 0 radical (unpaired) electrons. The van der Waals surface area contributed by atoms with E-state index in [0.717, 1.165) is 33.2 Å². The minimum Gasteiger partial charge on any atom is -0.494 e. The number of hydrogen-bond acceptors (Lipinski definition) is 10. The lowest BCUT2D eigenvalue weighted by Crippen LogP contribution is -2.58. The van der Waals surface area contributed by atoms with Crippen LogP contribution >= 0.6 is 23.8 Å². The second kappa shape index (κ2) is 23.2. The topological polar surface area (TPSA) is 170 Å². The highest BCUT2D eigenvalue weighted by atomic mass is 35.5. The Morgan fingerprint density at radius 2 is 1.69 bits per heavy atom. The van der Waals surface area contributed by atoms with Crippen LogP contribution < -0.4 is 25.2 Å². The monoisotopic (exact) mass is 949 g/mol. The number of oxazole rings is 1. The molecule has 5 aromatic rings. The molecule has 0 saturated carbocycles. The van der Waals surface area contributed by atoms with Gasteiger partial charge >= 0.3 is 0 Å². The van der Waals surface area contributed by atoms with Crippen molar-refractivity contribution in [3.05, 3.63) is 119 Å². The van der Waals surface area contributed by atoms with Gasteiger partial charge in [-0.25, -0.2) is 9.37 Å². The zero-order valence-electron chi connectivity index (χ0n) is 37.8. The highest BCUT2D eigenvalue weighted by Crippen LogP contribution is 2.29. The molecule has 4 aromatic carbocycles. The first-order valence-electron chi connectivity index (χ1n) is 21.8. The normalized spacial score (nSPS) is 13.9. The maximum absolute atomic E-state index is 14.6. The van der Waals surface area contributed by atoms with Gasteiger partial charge in [-0.05, 0) is 84.2 Å². The average Bonchev–Trinajstić information content (AvgIpc) is 4.06. The van der Waals surface area contributed by atoms with Crippen LogP contribution in [0.5, 0.6) is 5.75 Å². The van der Waals surface area contributed by atoms with Crippen molar-refractivity contribution in [1.82, 2.24) is 20.5 Å². The molecule has 1 saturated heterocycles.